The Morgan fingerprint density at radius 2 is 1.10 bits per heavy atom. The van der Waals surface area contributed by atoms with E-state index < -0.39 is 38.3 Å². The van der Waals surface area contributed by atoms with Crippen molar-refractivity contribution in [3.63, 3.8) is 0 Å². The zero-order chi connectivity index (χ0) is 29.9. The molecule has 0 fully saturated rings. The van der Waals surface area contributed by atoms with Crippen LogP contribution in [0.3, 0.4) is 0 Å². The predicted molar refractivity (Wildman–Crippen MR) is 186 cm³/mol. The van der Waals surface area contributed by atoms with Crippen molar-refractivity contribution >= 4 is 122 Å². The van der Waals surface area contributed by atoms with E-state index in [4.69, 9.17) is 61.9 Å². The molecule has 1 N–H and O–H groups in total. The third-order valence-corrected chi connectivity index (χ3v) is 7.12. The lowest BCUT2D eigenvalue weighted by atomic mass is 8.47. The summed E-state index contributed by atoms with van der Waals surface area (Å²) in [5, 5.41) is 22.6. The highest BCUT2D eigenvalue weighted by atomic mass is 16.3. The minimum atomic E-state index is -0.760. The first-order valence-corrected chi connectivity index (χ1v) is 13.0. The van der Waals surface area contributed by atoms with Gasteiger partial charge in [-0.3, -0.25) is 0 Å². The summed E-state index contributed by atoms with van der Waals surface area (Å²) in [7, 11) is 44.1. The molecule has 3 nitrogen and oxygen atoms in total. The fourth-order valence-electron chi connectivity index (χ4n) is 5.03. The van der Waals surface area contributed by atoms with E-state index in [9.17, 15) is 10.4 Å². The number of hydrogen-bond acceptors (Lipinski definition) is 2. The van der Waals surface area contributed by atoms with Gasteiger partial charge in [0.05, 0.1) is 22.3 Å². The van der Waals surface area contributed by atoms with E-state index >= 15 is 0 Å². The zero-order valence-electron chi connectivity index (χ0n) is 23.2. The molecular weight excluding hydrogens is 472 g/mol. The molecule has 17 heteroatoms. The van der Waals surface area contributed by atoms with E-state index in [1.807, 2.05) is 42.5 Å². The van der Waals surface area contributed by atoms with Crippen LogP contribution in [-0.2, 0) is 5.41 Å². The lowest BCUT2D eigenvalue weighted by Gasteiger charge is -2.34. The number of aromatic hydroxyl groups is 1. The van der Waals surface area contributed by atoms with Gasteiger partial charge >= 0.3 is 0 Å². The Labute approximate surface area is 251 Å². The number of fused-ring (bicyclic) bond motifs is 3. The maximum absolute atomic E-state index is 10.8. The molecule has 4 rings (SSSR count). The molecule has 0 bridgehead atoms. The number of para-hydroxylation sites is 2. The Balaban J connectivity index is 0.000000270. The van der Waals surface area contributed by atoms with Gasteiger partial charge in [0.15, 0.2) is 5.75 Å². The van der Waals surface area contributed by atoms with Crippen LogP contribution in [0.25, 0.3) is 27.5 Å². The number of nitriles is 1. The second-order valence-electron chi connectivity index (χ2n) is 11.1. The van der Waals surface area contributed by atoms with Crippen LogP contribution < -0.4 is 0 Å². The topological polar surface area (TPSA) is 48.9 Å². The summed E-state index contributed by atoms with van der Waals surface area (Å²) in [6, 6.07) is 22.2. The first-order valence-electron chi connectivity index (χ1n) is 13.0. The van der Waals surface area contributed by atoms with Crippen molar-refractivity contribution in [2.75, 3.05) is 0 Å². The van der Waals surface area contributed by atoms with Gasteiger partial charge in [-0.25, -0.2) is 0 Å². The number of benzene rings is 3. The number of nitrogens with zero attached hydrogens (tertiary/aromatic N) is 2. The average Bonchev–Trinajstić information content (AvgIpc) is 3.20. The van der Waals surface area contributed by atoms with Gasteiger partial charge in [-0.2, -0.15) is 5.26 Å². The summed E-state index contributed by atoms with van der Waals surface area (Å²) in [4.78, 5) is 0. The van der Waals surface area contributed by atoms with Crippen molar-refractivity contribution in [2.24, 2.45) is 0 Å². The summed E-state index contributed by atoms with van der Waals surface area (Å²) in [6.07, 6.45) is -4.08. The largest absolute Gasteiger partial charge is 0.504 e. The van der Waals surface area contributed by atoms with Crippen molar-refractivity contribution in [3.05, 3.63) is 71.8 Å². The highest BCUT2D eigenvalue weighted by Crippen LogP contribution is 2.38. The smallest absolute Gasteiger partial charge is 0.157 e. The van der Waals surface area contributed by atoms with Gasteiger partial charge < -0.3 is 9.67 Å². The van der Waals surface area contributed by atoms with Gasteiger partial charge in [0.2, 0.25) is 0 Å². The minimum absolute atomic E-state index is 0.0204. The third kappa shape index (κ3) is 6.75. The number of hydrogen-bond donors (Lipinski definition) is 1. The molecule has 0 unspecified atom stereocenters. The first-order chi connectivity index (χ1) is 18.7. The van der Waals surface area contributed by atoms with E-state index in [0.717, 1.165) is 27.4 Å². The highest BCUT2D eigenvalue weighted by Gasteiger charge is 2.35. The van der Waals surface area contributed by atoms with Gasteiger partial charge in [-0.1, -0.05) is 57.2 Å². The molecule has 1 heterocycles. The van der Waals surface area contributed by atoms with E-state index in [-0.39, 0.29) is 11.2 Å². The lowest BCUT2D eigenvalue weighted by molar-refractivity contribution is 0.470. The van der Waals surface area contributed by atoms with Crippen molar-refractivity contribution in [3.8, 4) is 17.5 Å². The molecule has 3 aromatic carbocycles. The van der Waals surface area contributed by atoms with Crippen LogP contribution in [0.1, 0.15) is 31.9 Å². The van der Waals surface area contributed by atoms with Gasteiger partial charge in [-0.15, -0.1) is 0 Å². The van der Waals surface area contributed by atoms with Gasteiger partial charge in [0, 0.05) is 111 Å². The molecular formula is C23H20B14N2O. The van der Waals surface area contributed by atoms with Crippen LogP contribution >= 0.6 is 0 Å². The molecule has 4 aromatic rings. The first kappa shape index (κ1) is 32.2. The molecule has 1 aromatic heterocycles. The molecule has 0 aliphatic carbocycles. The van der Waals surface area contributed by atoms with Crippen molar-refractivity contribution in [1.29, 1.82) is 5.26 Å². The van der Waals surface area contributed by atoms with E-state index in [1.54, 1.807) is 6.07 Å². The highest BCUT2D eigenvalue weighted by molar-refractivity contribution is 8.10. The van der Waals surface area contributed by atoms with E-state index in [2.05, 4.69) is 43.5 Å². The van der Waals surface area contributed by atoms with Crippen molar-refractivity contribution in [1.82, 2.24) is 4.57 Å². The Hall–Kier alpha value is -2.34. The predicted octanol–water partition coefficient (Wildman–Crippen LogP) is 0.327. The van der Waals surface area contributed by atoms with Crippen molar-refractivity contribution in [2.45, 2.75) is 26.2 Å². The Kier molecular flexibility index (Phi) is 10.5. The standard InChI is InChI=1S/C23H20N2O.B14/c1-23(2,3)16-12-15(14-24)22(26)21(13-16)25-19-10-6-4-8-17(19)18-9-5-7-11-20(18)25;1-9(2)13(10(3)4)14(11(5)6)12(7)8/h4-13,26H,1-3H3;. The third-order valence-electron chi connectivity index (χ3n) is 7.12. The summed E-state index contributed by atoms with van der Waals surface area (Å²) >= 11 is 0. The van der Waals surface area contributed by atoms with E-state index in [0.29, 0.717) is 11.3 Å². The molecule has 170 valence electrons. The zero-order valence-corrected chi connectivity index (χ0v) is 23.2. The van der Waals surface area contributed by atoms with Crippen LogP contribution in [0.5, 0.6) is 5.75 Å². The monoisotopic (exact) mass is 494 g/mol. The second-order valence-corrected chi connectivity index (χ2v) is 11.1. The molecule has 0 saturated carbocycles. The lowest BCUT2D eigenvalue weighted by Crippen LogP contribution is -2.72. The van der Waals surface area contributed by atoms with Gasteiger partial charge in [0.25, 0.3) is 0 Å². The molecule has 0 saturated heterocycles. The molecule has 40 heavy (non-hydrogen) atoms. The Morgan fingerprint density at radius 3 is 1.45 bits per heavy atom. The molecule has 0 aliphatic rings. The normalized spacial score (nSPS) is 10.8. The molecule has 0 atom stereocenters. The summed E-state index contributed by atoms with van der Waals surface area (Å²) < 4.78 is 2.05. The second kappa shape index (κ2) is 13.1. The maximum Gasteiger partial charge on any atom is 0.157 e. The molecule has 0 spiro atoms. The summed E-state index contributed by atoms with van der Waals surface area (Å²) in [5.41, 5.74) is 3.86. The van der Waals surface area contributed by atoms with E-state index in [1.165, 1.54) is 0 Å². The minimum Gasteiger partial charge on any atom is -0.504 e. The molecule has 0 amide bonds. The van der Waals surface area contributed by atoms with Crippen LogP contribution in [0.2, 0.25) is 0 Å². The van der Waals surface area contributed by atoms with Crippen LogP contribution in [0.15, 0.2) is 60.7 Å². The quantitative estimate of drug-likeness (QED) is 0.395. The van der Waals surface area contributed by atoms with Crippen LogP contribution in [-0.4, -0.2) is 110 Å². The van der Waals surface area contributed by atoms with Gasteiger partial charge in [0.1, 0.15) is 6.07 Å². The van der Waals surface area contributed by atoms with Crippen LogP contribution in [0, 0.1) is 11.3 Å². The Bertz CT molecular complexity index is 1420. The maximum atomic E-state index is 10.8. The number of phenols is 1. The molecule has 16 radical (unpaired) electrons. The number of phenolic OH excluding ortho intramolecular Hbond substituents is 1. The average molecular weight is 492 g/mol. The SMILES string of the molecule is CC(C)(C)c1cc(C#N)c(O)c(-n2c3ccccc3c3ccccc32)c1.[B]B([B])B(B([B])[B])B(B([B])[B])B([B])[B]. The van der Waals surface area contributed by atoms with Crippen LogP contribution in [0.4, 0.5) is 0 Å². The number of rotatable bonds is 6. The van der Waals surface area contributed by atoms with Crippen molar-refractivity contribution < 1.29 is 5.11 Å². The Morgan fingerprint density at radius 1 is 0.700 bits per heavy atom. The number of aromatic nitrogens is 1. The summed E-state index contributed by atoms with van der Waals surface area (Å²) in [6.45, 7) is 6.32. The summed E-state index contributed by atoms with van der Waals surface area (Å²) in [5.74, 6) is 0.0204. The van der Waals surface area contributed by atoms with Gasteiger partial charge in [-0.05, 0) is 35.2 Å². The fourth-order valence-corrected chi connectivity index (χ4v) is 5.03. The molecule has 0 aliphatic heterocycles. The fraction of sp³-hybridized carbons (Fsp3) is 0.174.